The molecule has 29 heavy (non-hydrogen) atoms. The monoisotopic (exact) mass is 399 g/mol. The number of carboxylic acid groups (broad SMARTS) is 1. The van der Waals surface area contributed by atoms with E-state index >= 15 is 0 Å². The van der Waals surface area contributed by atoms with Crippen molar-refractivity contribution < 1.29 is 19.1 Å². The highest BCUT2D eigenvalue weighted by Gasteiger charge is 2.47. The van der Waals surface area contributed by atoms with Gasteiger partial charge in [0.1, 0.15) is 5.82 Å². The summed E-state index contributed by atoms with van der Waals surface area (Å²) in [7, 11) is 0. The third-order valence-corrected chi connectivity index (χ3v) is 6.40. The minimum Gasteiger partial charge on any atom is -0.481 e. The molecule has 1 N–H and O–H groups in total. The number of fused-ring (bicyclic) bond motifs is 1. The van der Waals surface area contributed by atoms with Crippen molar-refractivity contribution >= 4 is 11.9 Å². The van der Waals surface area contributed by atoms with Gasteiger partial charge in [-0.05, 0) is 62.3 Å². The van der Waals surface area contributed by atoms with Crippen molar-refractivity contribution in [1.29, 1.82) is 0 Å². The van der Waals surface area contributed by atoms with E-state index in [1.165, 1.54) is 17.7 Å². The van der Waals surface area contributed by atoms with Gasteiger partial charge < -0.3 is 10.0 Å². The lowest BCUT2D eigenvalue weighted by Crippen LogP contribution is -2.44. The highest BCUT2D eigenvalue weighted by atomic mass is 19.1. The largest absolute Gasteiger partial charge is 0.481 e. The van der Waals surface area contributed by atoms with Crippen LogP contribution in [0, 0.1) is 24.1 Å². The second-order valence-corrected chi connectivity index (χ2v) is 8.70. The number of hydrogen-bond acceptors (Lipinski definition) is 3. The van der Waals surface area contributed by atoms with Crippen molar-refractivity contribution in [2.24, 2.45) is 11.3 Å². The smallest absolute Gasteiger partial charge is 0.309 e. The zero-order valence-corrected chi connectivity index (χ0v) is 16.8. The average molecular weight is 399 g/mol. The Morgan fingerprint density at radius 3 is 2.62 bits per heavy atom. The summed E-state index contributed by atoms with van der Waals surface area (Å²) >= 11 is 0. The molecule has 1 aliphatic carbocycles. The SMILES string of the molecule is Cc1nn(Cc2ccc(F)cc2)c2c1CCN(C(=O)C[C@H]1C[C@](C)(C(=O)O)C1)C2. The molecule has 1 amide bonds. The topological polar surface area (TPSA) is 75.4 Å². The lowest BCUT2D eigenvalue weighted by atomic mass is 9.62. The number of hydrogen-bond donors (Lipinski definition) is 1. The van der Waals surface area contributed by atoms with Crippen LogP contribution in [-0.2, 0) is 29.1 Å². The van der Waals surface area contributed by atoms with E-state index in [2.05, 4.69) is 5.10 Å². The molecule has 154 valence electrons. The summed E-state index contributed by atoms with van der Waals surface area (Å²) < 4.78 is 15.1. The molecule has 0 saturated heterocycles. The summed E-state index contributed by atoms with van der Waals surface area (Å²) in [4.78, 5) is 25.9. The zero-order valence-electron chi connectivity index (χ0n) is 16.8. The normalized spacial score (nSPS) is 23.4. The Kier molecular flexibility index (Phi) is 4.92. The number of carbonyl (C=O) groups is 2. The molecule has 0 radical (unpaired) electrons. The van der Waals surface area contributed by atoms with E-state index in [9.17, 15) is 19.1 Å². The second kappa shape index (κ2) is 7.28. The molecule has 1 aliphatic heterocycles. The van der Waals surface area contributed by atoms with E-state index in [-0.39, 0.29) is 17.6 Å². The van der Waals surface area contributed by atoms with Crippen molar-refractivity contribution in [3.05, 3.63) is 52.6 Å². The number of nitrogens with zero attached hydrogens (tertiary/aromatic N) is 3. The number of aryl methyl sites for hydroxylation is 1. The van der Waals surface area contributed by atoms with Crippen LogP contribution >= 0.6 is 0 Å². The fourth-order valence-electron chi connectivity index (χ4n) is 4.69. The molecule has 0 atom stereocenters. The van der Waals surface area contributed by atoms with Crippen LogP contribution < -0.4 is 0 Å². The van der Waals surface area contributed by atoms with Gasteiger partial charge in [0.05, 0.1) is 29.9 Å². The van der Waals surface area contributed by atoms with Crippen LogP contribution in [0.1, 0.15) is 48.7 Å². The quantitative estimate of drug-likeness (QED) is 0.838. The summed E-state index contributed by atoms with van der Waals surface area (Å²) in [5, 5.41) is 13.9. The van der Waals surface area contributed by atoms with Crippen molar-refractivity contribution in [3.8, 4) is 0 Å². The summed E-state index contributed by atoms with van der Waals surface area (Å²) in [6, 6.07) is 6.38. The number of amides is 1. The molecule has 2 aromatic rings. The number of rotatable bonds is 5. The van der Waals surface area contributed by atoms with Crippen molar-refractivity contribution in [3.63, 3.8) is 0 Å². The van der Waals surface area contributed by atoms with Gasteiger partial charge in [-0.2, -0.15) is 5.10 Å². The molecule has 1 aromatic heterocycles. The highest BCUT2D eigenvalue weighted by Crippen LogP contribution is 2.47. The van der Waals surface area contributed by atoms with E-state index < -0.39 is 11.4 Å². The molecule has 0 unspecified atom stereocenters. The molecular formula is C22H26FN3O3. The van der Waals surface area contributed by atoms with Crippen LogP contribution in [0.25, 0.3) is 0 Å². The van der Waals surface area contributed by atoms with Gasteiger partial charge in [0, 0.05) is 13.0 Å². The van der Waals surface area contributed by atoms with Crippen molar-refractivity contribution in [2.45, 2.75) is 52.6 Å². The Morgan fingerprint density at radius 2 is 1.97 bits per heavy atom. The summed E-state index contributed by atoms with van der Waals surface area (Å²) in [6.07, 6.45) is 2.31. The van der Waals surface area contributed by atoms with Crippen LogP contribution in [-0.4, -0.2) is 38.2 Å². The second-order valence-electron chi connectivity index (χ2n) is 8.70. The van der Waals surface area contributed by atoms with Gasteiger partial charge in [-0.25, -0.2) is 4.39 Å². The third kappa shape index (κ3) is 3.78. The fraction of sp³-hybridized carbons (Fsp3) is 0.500. The van der Waals surface area contributed by atoms with E-state index in [1.54, 1.807) is 19.1 Å². The van der Waals surface area contributed by atoms with Gasteiger partial charge in [0.2, 0.25) is 5.91 Å². The first-order valence-corrected chi connectivity index (χ1v) is 10.1. The first-order valence-electron chi connectivity index (χ1n) is 10.1. The average Bonchev–Trinajstić information content (AvgIpc) is 2.97. The fourth-order valence-corrected chi connectivity index (χ4v) is 4.69. The van der Waals surface area contributed by atoms with Gasteiger partial charge in [0.15, 0.2) is 0 Å². The van der Waals surface area contributed by atoms with Gasteiger partial charge in [-0.3, -0.25) is 14.3 Å². The van der Waals surface area contributed by atoms with Crippen molar-refractivity contribution in [1.82, 2.24) is 14.7 Å². The van der Waals surface area contributed by atoms with Crippen molar-refractivity contribution in [2.75, 3.05) is 6.54 Å². The Morgan fingerprint density at radius 1 is 1.28 bits per heavy atom. The van der Waals surface area contributed by atoms with Crippen LogP contribution in [0.3, 0.4) is 0 Å². The zero-order chi connectivity index (χ0) is 20.8. The molecule has 1 fully saturated rings. The standard InChI is InChI=1S/C22H26FN3O3/c1-14-18-7-8-25(20(27)9-16-10-22(2,11-16)21(28)29)13-19(18)26(24-14)12-15-3-5-17(23)6-4-15/h3-6,16H,7-13H2,1-2H3,(H,28,29)/t16-,22-. The Bertz CT molecular complexity index is 945. The Balaban J connectivity index is 1.43. The number of carboxylic acids is 1. The minimum absolute atomic E-state index is 0.0836. The highest BCUT2D eigenvalue weighted by molar-refractivity contribution is 5.79. The first-order chi connectivity index (χ1) is 13.7. The summed E-state index contributed by atoms with van der Waals surface area (Å²) in [6.45, 7) is 5.45. The summed E-state index contributed by atoms with van der Waals surface area (Å²) in [5.41, 5.74) is 3.49. The molecule has 7 heteroatoms. The van der Waals surface area contributed by atoms with E-state index in [1.807, 2.05) is 16.5 Å². The number of carbonyl (C=O) groups excluding carboxylic acids is 1. The first kappa shape index (κ1) is 19.6. The molecular weight excluding hydrogens is 373 g/mol. The van der Waals surface area contributed by atoms with Crippen LogP contribution in [0.2, 0.25) is 0 Å². The number of aromatic nitrogens is 2. The maximum absolute atomic E-state index is 13.2. The Labute approximate surface area is 169 Å². The lowest BCUT2D eigenvalue weighted by Gasteiger charge is -2.42. The van der Waals surface area contributed by atoms with Gasteiger partial charge in [0.25, 0.3) is 0 Å². The van der Waals surface area contributed by atoms with Crippen LogP contribution in [0.15, 0.2) is 24.3 Å². The van der Waals surface area contributed by atoms with Gasteiger partial charge in [-0.15, -0.1) is 0 Å². The number of benzene rings is 1. The number of halogens is 1. The van der Waals surface area contributed by atoms with Crippen LogP contribution in [0.5, 0.6) is 0 Å². The molecule has 1 aromatic carbocycles. The molecule has 4 rings (SSSR count). The molecule has 1 saturated carbocycles. The molecule has 0 spiro atoms. The molecule has 0 bridgehead atoms. The summed E-state index contributed by atoms with van der Waals surface area (Å²) in [5.74, 6) is -0.806. The maximum Gasteiger partial charge on any atom is 0.309 e. The third-order valence-electron chi connectivity index (χ3n) is 6.40. The van der Waals surface area contributed by atoms with E-state index in [0.29, 0.717) is 38.9 Å². The van der Waals surface area contributed by atoms with Gasteiger partial charge in [-0.1, -0.05) is 12.1 Å². The lowest BCUT2D eigenvalue weighted by molar-refractivity contribution is -0.158. The number of aliphatic carboxylic acids is 1. The van der Waals surface area contributed by atoms with E-state index in [0.717, 1.165) is 23.4 Å². The van der Waals surface area contributed by atoms with Gasteiger partial charge >= 0.3 is 5.97 Å². The minimum atomic E-state index is -0.774. The molecule has 6 nitrogen and oxygen atoms in total. The predicted octanol–water partition coefficient (Wildman–Crippen LogP) is 3.15. The maximum atomic E-state index is 13.2. The van der Waals surface area contributed by atoms with E-state index in [4.69, 9.17) is 0 Å². The Hall–Kier alpha value is -2.70. The molecule has 2 aliphatic rings. The predicted molar refractivity (Wildman–Crippen MR) is 105 cm³/mol. The van der Waals surface area contributed by atoms with Crippen LogP contribution in [0.4, 0.5) is 4.39 Å². The molecule has 2 heterocycles.